The Balaban J connectivity index is 2.13. The second-order valence-electron chi connectivity index (χ2n) is 24.0. The Bertz CT molecular complexity index is 1320. The van der Waals surface area contributed by atoms with Gasteiger partial charge in [0, 0.05) is 6.42 Å². The number of rotatable bonds is 60. The molecule has 1 aliphatic heterocycles. The largest absolute Gasteiger partial charge is 0.394 e. The van der Waals surface area contributed by atoms with Crippen LogP contribution in [-0.4, -0.2) is 87.5 Å². The molecule has 1 heterocycles. The van der Waals surface area contributed by atoms with Gasteiger partial charge in [-0.25, -0.2) is 0 Å². The van der Waals surface area contributed by atoms with Gasteiger partial charge < -0.3 is 40.3 Å². The highest BCUT2D eigenvalue weighted by Crippen LogP contribution is 2.23. The molecule has 0 aromatic rings. The van der Waals surface area contributed by atoms with Crippen molar-refractivity contribution in [2.45, 2.75) is 384 Å². The first kappa shape index (κ1) is 74.4. The minimum absolute atomic E-state index is 0.184. The molecule has 1 aliphatic rings. The third kappa shape index (κ3) is 47.0. The lowest BCUT2D eigenvalue weighted by Gasteiger charge is -2.40. The second-order valence-corrected chi connectivity index (χ2v) is 24.0. The molecular formula is C69H131NO8. The van der Waals surface area contributed by atoms with Gasteiger partial charge in [-0.15, -0.1) is 0 Å². The summed E-state index contributed by atoms with van der Waals surface area (Å²) in [5.74, 6) is -0.184. The SMILES string of the molecule is CCCCCCCCCCCCCC/C=C/CC/C=C/CC/C=C/C(O)C(COC1OC(CO)C(O)C(O)C1O)NC(=O)CCCCCCCCCCCCCCCCCCCCCCCCCCCCCCCCCCC. The van der Waals surface area contributed by atoms with Crippen molar-refractivity contribution in [3.63, 3.8) is 0 Å². The summed E-state index contributed by atoms with van der Waals surface area (Å²) in [5, 5.41) is 54.7. The fourth-order valence-electron chi connectivity index (χ4n) is 11.1. The third-order valence-corrected chi connectivity index (χ3v) is 16.4. The van der Waals surface area contributed by atoms with Gasteiger partial charge in [0.2, 0.25) is 5.91 Å². The van der Waals surface area contributed by atoms with Crippen molar-refractivity contribution in [3.8, 4) is 0 Å². The van der Waals surface area contributed by atoms with E-state index in [1.54, 1.807) is 6.08 Å². The first-order valence-corrected chi connectivity index (χ1v) is 34.2. The molecule has 0 aromatic heterocycles. The molecule has 1 fully saturated rings. The van der Waals surface area contributed by atoms with Gasteiger partial charge in [0.15, 0.2) is 6.29 Å². The highest BCUT2D eigenvalue weighted by Gasteiger charge is 2.44. The van der Waals surface area contributed by atoms with Gasteiger partial charge in [0.1, 0.15) is 24.4 Å². The number of carbonyl (C=O) groups is 1. The monoisotopic (exact) mass is 1100 g/mol. The summed E-state index contributed by atoms with van der Waals surface area (Å²) in [5.41, 5.74) is 0. The molecule has 1 saturated heterocycles. The Morgan fingerprint density at radius 2 is 0.731 bits per heavy atom. The zero-order valence-corrected chi connectivity index (χ0v) is 51.4. The molecule has 1 amide bonds. The number of unbranched alkanes of at least 4 members (excludes halogenated alkanes) is 46. The second kappa shape index (κ2) is 58.6. The molecule has 78 heavy (non-hydrogen) atoms. The molecule has 460 valence electrons. The first-order valence-electron chi connectivity index (χ1n) is 34.2. The topological polar surface area (TPSA) is 149 Å². The maximum Gasteiger partial charge on any atom is 0.220 e. The number of hydrogen-bond donors (Lipinski definition) is 6. The lowest BCUT2D eigenvalue weighted by Crippen LogP contribution is -2.60. The van der Waals surface area contributed by atoms with Crippen LogP contribution in [-0.2, 0) is 14.3 Å². The van der Waals surface area contributed by atoms with Crippen LogP contribution in [0, 0.1) is 0 Å². The molecule has 0 saturated carbocycles. The summed E-state index contributed by atoms with van der Waals surface area (Å²) in [6, 6.07) is -0.827. The van der Waals surface area contributed by atoms with Gasteiger partial charge in [-0.1, -0.05) is 326 Å². The van der Waals surface area contributed by atoms with Gasteiger partial charge in [0.25, 0.3) is 0 Å². The van der Waals surface area contributed by atoms with Crippen LogP contribution in [0.2, 0.25) is 0 Å². The van der Waals surface area contributed by atoms with E-state index in [1.165, 1.54) is 276 Å². The summed E-state index contributed by atoms with van der Waals surface area (Å²) in [4.78, 5) is 13.1. The van der Waals surface area contributed by atoms with Crippen LogP contribution in [0.3, 0.4) is 0 Å². The van der Waals surface area contributed by atoms with Crippen LogP contribution in [0.5, 0.6) is 0 Å². The van der Waals surface area contributed by atoms with Crippen molar-refractivity contribution in [3.05, 3.63) is 36.5 Å². The molecule has 7 atom stereocenters. The summed E-state index contributed by atoms with van der Waals surface area (Å²) in [6.07, 6.45) is 71.2. The average Bonchev–Trinajstić information content (AvgIpc) is 3.45. The fraction of sp³-hybridized carbons (Fsp3) is 0.899. The van der Waals surface area contributed by atoms with Crippen molar-refractivity contribution in [1.82, 2.24) is 5.32 Å². The predicted molar refractivity (Wildman–Crippen MR) is 332 cm³/mol. The smallest absolute Gasteiger partial charge is 0.220 e. The van der Waals surface area contributed by atoms with Crippen LogP contribution in [0.1, 0.15) is 341 Å². The maximum absolute atomic E-state index is 13.1. The van der Waals surface area contributed by atoms with Gasteiger partial charge in [-0.05, 0) is 44.9 Å². The van der Waals surface area contributed by atoms with Crippen molar-refractivity contribution >= 4 is 5.91 Å². The Morgan fingerprint density at radius 1 is 0.423 bits per heavy atom. The van der Waals surface area contributed by atoms with E-state index in [0.29, 0.717) is 6.42 Å². The Labute approximate surface area is 482 Å². The number of aliphatic hydroxyl groups excluding tert-OH is 5. The van der Waals surface area contributed by atoms with Crippen LogP contribution in [0.4, 0.5) is 0 Å². The van der Waals surface area contributed by atoms with E-state index in [4.69, 9.17) is 9.47 Å². The van der Waals surface area contributed by atoms with E-state index in [2.05, 4.69) is 43.5 Å². The maximum atomic E-state index is 13.1. The number of ether oxygens (including phenoxy) is 2. The highest BCUT2D eigenvalue weighted by atomic mass is 16.7. The molecule has 0 aliphatic carbocycles. The minimum atomic E-state index is -1.57. The summed E-state index contributed by atoms with van der Waals surface area (Å²) >= 11 is 0. The number of nitrogens with one attached hydrogen (secondary N) is 1. The van der Waals surface area contributed by atoms with Crippen molar-refractivity contribution in [1.29, 1.82) is 0 Å². The van der Waals surface area contributed by atoms with Crippen molar-refractivity contribution in [2.75, 3.05) is 13.2 Å². The summed E-state index contributed by atoms with van der Waals surface area (Å²) in [6.45, 7) is 3.81. The van der Waals surface area contributed by atoms with E-state index in [1.807, 2.05) is 6.08 Å². The number of carbonyl (C=O) groups excluding carboxylic acids is 1. The zero-order chi connectivity index (χ0) is 56.5. The van der Waals surface area contributed by atoms with Crippen LogP contribution < -0.4 is 5.32 Å². The summed E-state index contributed by atoms with van der Waals surface area (Å²) in [7, 11) is 0. The summed E-state index contributed by atoms with van der Waals surface area (Å²) < 4.78 is 11.3. The Morgan fingerprint density at radius 3 is 1.08 bits per heavy atom. The first-order chi connectivity index (χ1) is 38.3. The molecular weight excluding hydrogens is 971 g/mol. The van der Waals surface area contributed by atoms with Crippen molar-refractivity contribution in [2.24, 2.45) is 0 Å². The number of aliphatic hydroxyl groups is 5. The van der Waals surface area contributed by atoms with E-state index in [0.717, 1.165) is 44.9 Å². The average molecular weight is 1100 g/mol. The molecule has 9 heteroatoms. The fourth-order valence-corrected chi connectivity index (χ4v) is 11.1. The third-order valence-electron chi connectivity index (χ3n) is 16.4. The molecule has 1 rings (SSSR count). The molecule has 9 nitrogen and oxygen atoms in total. The quantitative estimate of drug-likeness (QED) is 0.0261. The van der Waals surface area contributed by atoms with Crippen molar-refractivity contribution < 1.29 is 39.8 Å². The highest BCUT2D eigenvalue weighted by molar-refractivity contribution is 5.76. The lowest BCUT2D eigenvalue weighted by molar-refractivity contribution is -0.302. The lowest BCUT2D eigenvalue weighted by atomic mass is 9.99. The molecule has 0 spiro atoms. The van der Waals surface area contributed by atoms with Gasteiger partial charge in [0.05, 0.1) is 25.4 Å². The zero-order valence-electron chi connectivity index (χ0n) is 51.4. The van der Waals surface area contributed by atoms with E-state index in [9.17, 15) is 30.3 Å². The van der Waals surface area contributed by atoms with E-state index in [-0.39, 0.29) is 12.5 Å². The Kier molecular flexibility index (Phi) is 55.9. The van der Waals surface area contributed by atoms with Gasteiger partial charge in [-0.3, -0.25) is 4.79 Å². The van der Waals surface area contributed by atoms with Crippen LogP contribution in [0.25, 0.3) is 0 Å². The van der Waals surface area contributed by atoms with Gasteiger partial charge >= 0.3 is 0 Å². The molecule has 0 radical (unpaired) electrons. The number of amides is 1. The molecule has 7 unspecified atom stereocenters. The van der Waals surface area contributed by atoms with E-state index < -0.39 is 49.5 Å². The van der Waals surface area contributed by atoms with Gasteiger partial charge in [-0.2, -0.15) is 0 Å². The van der Waals surface area contributed by atoms with Crippen LogP contribution in [0.15, 0.2) is 36.5 Å². The predicted octanol–water partition coefficient (Wildman–Crippen LogP) is 18.3. The van der Waals surface area contributed by atoms with Crippen LogP contribution >= 0.6 is 0 Å². The standard InChI is InChI=1S/C69H131NO8/c1-3-5-7-9-11-13-15-17-19-21-23-25-27-28-29-30-31-32-33-34-35-36-37-39-41-43-45-47-49-51-53-55-57-59-65(73)70-62(61-77-69-68(76)67(75)66(74)64(60-71)78-69)63(72)58-56-54-52-50-48-46-44-42-40-38-26-24-22-20-18-16-14-12-10-8-6-4-2/h40,42,48,50,56,58,62-64,66-69,71-72,74-76H,3-39,41,43-47,49,51-55,57,59-61H2,1-2H3,(H,70,73)/b42-40+,50-48+,58-56+. The molecule has 0 aromatic carbocycles. The normalized spacial score (nSPS) is 18.8. The number of hydrogen-bond acceptors (Lipinski definition) is 8. The molecule has 6 N–H and O–H groups in total. The minimum Gasteiger partial charge on any atom is -0.394 e. The van der Waals surface area contributed by atoms with E-state index >= 15 is 0 Å². The Hall–Kier alpha value is -1.59. The molecule has 0 bridgehead atoms. The number of allylic oxidation sites excluding steroid dienone is 5.